The molecule has 0 heterocycles. The number of aliphatic carboxylic acids is 2. The largest absolute Gasteiger partial charge is 0.480 e. The van der Waals surface area contributed by atoms with E-state index in [9.17, 15) is 19.2 Å². The van der Waals surface area contributed by atoms with Crippen molar-refractivity contribution in [1.82, 2.24) is 0 Å². The van der Waals surface area contributed by atoms with Gasteiger partial charge in [-0.25, -0.2) is 4.79 Å². The number of halogens is 2. The molecular formula is C10H6Cl2O6. The van der Waals surface area contributed by atoms with E-state index >= 15 is 0 Å². The van der Waals surface area contributed by atoms with Crippen LogP contribution in [0.1, 0.15) is 6.42 Å². The number of hydrogen-bond acceptors (Lipinski definition) is 4. The van der Waals surface area contributed by atoms with Gasteiger partial charge in [-0.05, 0) is 35.4 Å². The summed E-state index contributed by atoms with van der Waals surface area (Å²) in [7, 11) is 0. The summed E-state index contributed by atoms with van der Waals surface area (Å²) in [6, 6.07) is 0. The first kappa shape index (κ1) is 14.4. The Labute approximate surface area is 110 Å². The Morgan fingerprint density at radius 3 is 2.06 bits per heavy atom. The number of carbonyl (C=O) groups excluding carboxylic acids is 2. The Morgan fingerprint density at radius 2 is 1.72 bits per heavy atom. The van der Waals surface area contributed by atoms with Gasteiger partial charge in [0.15, 0.2) is 5.41 Å². The van der Waals surface area contributed by atoms with Gasteiger partial charge in [0.25, 0.3) is 5.24 Å². The third-order valence-electron chi connectivity index (χ3n) is 2.43. The maximum absolute atomic E-state index is 11.3. The minimum atomic E-state index is -2.29. The summed E-state index contributed by atoms with van der Waals surface area (Å²) < 4.78 is 0. The molecule has 0 aromatic heterocycles. The molecular weight excluding hydrogens is 287 g/mol. The second-order valence-corrected chi connectivity index (χ2v) is 4.26. The van der Waals surface area contributed by atoms with Crippen LogP contribution in [0.3, 0.4) is 0 Å². The summed E-state index contributed by atoms with van der Waals surface area (Å²) in [6.45, 7) is 0. The van der Waals surface area contributed by atoms with Crippen molar-refractivity contribution in [3.05, 3.63) is 23.3 Å². The fourth-order valence-corrected chi connectivity index (χ4v) is 1.81. The third-order valence-corrected chi connectivity index (χ3v) is 2.99. The van der Waals surface area contributed by atoms with Gasteiger partial charge in [-0.2, -0.15) is 0 Å². The number of allylic oxidation sites excluding steroid dienone is 2. The second kappa shape index (κ2) is 4.91. The molecule has 6 nitrogen and oxygen atoms in total. The van der Waals surface area contributed by atoms with Crippen LogP contribution in [0.5, 0.6) is 0 Å². The first-order valence-corrected chi connectivity index (χ1v) is 5.26. The maximum atomic E-state index is 11.3. The van der Waals surface area contributed by atoms with E-state index in [0.29, 0.717) is 0 Å². The van der Waals surface area contributed by atoms with Crippen LogP contribution in [0, 0.1) is 5.41 Å². The van der Waals surface area contributed by atoms with Crippen molar-refractivity contribution in [2.75, 3.05) is 0 Å². The predicted octanol–water partition coefficient (Wildman–Crippen LogP) is 0.929. The normalized spacial score (nSPS) is 22.8. The molecule has 0 radical (unpaired) electrons. The molecule has 96 valence electrons. The van der Waals surface area contributed by atoms with Crippen molar-refractivity contribution >= 4 is 45.6 Å². The number of carboxylic acid groups (broad SMARTS) is 2. The lowest BCUT2D eigenvalue weighted by Crippen LogP contribution is -2.38. The highest BCUT2D eigenvalue weighted by Gasteiger charge is 2.47. The van der Waals surface area contributed by atoms with Crippen LogP contribution < -0.4 is 0 Å². The molecule has 1 aliphatic carbocycles. The molecule has 0 bridgehead atoms. The number of hydrogen-bond donors (Lipinski definition) is 2. The van der Waals surface area contributed by atoms with E-state index in [2.05, 4.69) is 0 Å². The Morgan fingerprint density at radius 1 is 1.17 bits per heavy atom. The molecule has 0 saturated carbocycles. The summed E-state index contributed by atoms with van der Waals surface area (Å²) in [6.07, 6.45) is 1.04. The molecule has 0 amide bonds. The quantitative estimate of drug-likeness (QED) is 0.589. The van der Waals surface area contributed by atoms with Gasteiger partial charge in [-0.3, -0.25) is 14.4 Å². The average molecular weight is 293 g/mol. The lowest BCUT2D eigenvalue weighted by molar-refractivity contribution is -0.149. The number of carbonyl (C=O) groups is 4. The molecule has 2 N–H and O–H groups in total. The van der Waals surface area contributed by atoms with Crippen LogP contribution in [0.4, 0.5) is 0 Å². The Bertz CT molecular complexity index is 502. The van der Waals surface area contributed by atoms with Crippen molar-refractivity contribution in [2.45, 2.75) is 6.42 Å². The molecule has 1 aliphatic rings. The lowest BCUT2D eigenvalue weighted by atomic mass is 9.77. The van der Waals surface area contributed by atoms with E-state index in [4.69, 9.17) is 33.4 Å². The predicted molar refractivity (Wildman–Crippen MR) is 60.2 cm³/mol. The molecule has 18 heavy (non-hydrogen) atoms. The third kappa shape index (κ3) is 2.44. The van der Waals surface area contributed by atoms with Crippen molar-refractivity contribution < 1.29 is 29.4 Å². The van der Waals surface area contributed by atoms with Crippen LogP contribution in [-0.4, -0.2) is 32.6 Å². The maximum Gasteiger partial charge on any atom is 0.331 e. The minimum absolute atomic E-state index is 0.392. The molecule has 0 saturated heterocycles. The molecule has 0 aromatic rings. The monoisotopic (exact) mass is 292 g/mol. The first-order chi connectivity index (χ1) is 8.20. The molecule has 0 aromatic carbocycles. The molecule has 0 fully saturated rings. The Hall–Kier alpha value is -1.66. The molecule has 0 spiro atoms. The zero-order valence-corrected chi connectivity index (χ0v) is 10.2. The van der Waals surface area contributed by atoms with E-state index in [1.807, 2.05) is 0 Å². The fourth-order valence-electron chi connectivity index (χ4n) is 1.50. The lowest BCUT2D eigenvalue weighted by Gasteiger charge is -2.25. The van der Waals surface area contributed by atoms with E-state index in [-0.39, 0.29) is 0 Å². The van der Waals surface area contributed by atoms with Crippen LogP contribution in [0.15, 0.2) is 23.3 Å². The fraction of sp³-hybridized carbons (Fsp3) is 0.200. The molecule has 1 rings (SSSR count). The SMILES string of the molecule is O=C(O)C1=CC(C(=O)Cl)=CC(C(=O)O)(C(=O)Cl)C1. The van der Waals surface area contributed by atoms with Crippen molar-refractivity contribution in [1.29, 1.82) is 0 Å². The zero-order valence-electron chi connectivity index (χ0n) is 8.65. The molecule has 1 unspecified atom stereocenters. The summed E-state index contributed by atoms with van der Waals surface area (Å²) in [5, 5.41) is 15.5. The van der Waals surface area contributed by atoms with E-state index in [0.717, 1.165) is 12.2 Å². The zero-order chi connectivity index (χ0) is 14.1. The minimum Gasteiger partial charge on any atom is -0.480 e. The second-order valence-electron chi connectivity index (χ2n) is 3.58. The molecule has 8 heteroatoms. The van der Waals surface area contributed by atoms with Gasteiger partial charge < -0.3 is 10.2 Å². The molecule has 0 aliphatic heterocycles. The van der Waals surface area contributed by atoms with Crippen LogP contribution in [0.25, 0.3) is 0 Å². The Balaban J connectivity index is 3.46. The first-order valence-electron chi connectivity index (χ1n) is 4.50. The van der Waals surface area contributed by atoms with Gasteiger partial charge in [-0.15, -0.1) is 0 Å². The number of rotatable bonds is 4. The van der Waals surface area contributed by atoms with Gasteiger partial charge in [0.2, 0.25) is 5.24 Å². The summed E-state index contributed by atoms with van der Waals surface area (Å²) in [4.78, 5) is 44.3. The molecule has 1 atom stereocenters. The smallest absolute Gasteiger partial charge is 0.331 e. The van der Waals surface area contributed by atoms with E-state index in [1.54, 1.807) is 0 Å². The van der Waals surface area contributed by atoms with E-state index in [1.165, 1.54) is 0 Å². The Kier molecular flexibility index (Phi) is 3.93. The van der Waals surface area contributed by atoms with Crippen molar-refractivity contribution in [3.8, 4) is 0 Å². The van der Waals surface area contributed by atoms with Crippen LogP contribution >= 0.6 is 23.2 Å². The van der Waals surface area contributed by atoms with Crippen molar-refractivity contribution in [3.63, 3.8) is 0 Å². The van der Waals surface area contributed by atoms with Crippen LogP contribution in [0.2, 0.25) is 0 Å². The van der Waals surface area contributed by atoms with E-state index < -0.39 is 45.4 Å². The standard InChI is InChI=1S/C10H6Cl2O6/c11-6(13)4-1-5(7(14)15)3-10(2-4,8(12)16)9(17)18/h1-2H,3H2,(H,14,15)(H,17,18). The highest BCUT2D eigenvalue weighted by Crippen LogP contribution is 2.37. The van der Waals surface area contributed by atoms with Crippen LogP contribution in [-0.2, 0) is 19.2 Å². The highest BCUT2D eigenvalue weighted by atomic mass is 35.5. The van der Waals surface area contributed by atoms with Gasteiger partial charge in [0, 0.05) is 17.6 Å². The summed E-state index contributed by atoms with van der Waals surface area (Å²) in [5.74, 6) is -3.10. The van der Waals surface area contributed by atoms with Gasteiger partial charge >= 0.3 is 11.9 Å². The van der Waals surface area contributed by atoms with Gasteiger partial charge in [-0.1, -0.05) is 0 Å². The number of carboxylic acids is 2. The summed E-state index contributed by atoms with van der Waals surface area (Å²) >= 11 is 10.4. The highest BCUT2D eigenvalue weighted by molar-refractivity contribution is 6.69. The summed E-state index contributed by atoms with van der Waals surface area (Å²) in [5.41, 5.74) is -3.11. The van der Waals surface area contributed by atoms with Crippen molar-refractivity contribution in [2.24, 2.45) is 5.41 Å². The average Bonchev–Trinajstić information content (AvgIpc) is 2.27. The van der Waals surface area contributed by atoms with Gasteiger partial charge in [0.05, 0.1) is 0 Å². The van der Waals surface area contributed by atoms with Gasteiger partial charge in [0.1, 0.15) is 0 Å². The topological polar surface area (TPSA) is 109 Å².